The topological polar surface area (TPSA) is 80.0 Å². The summed E-state index contributed by atoms with van der Waals surface area (Å²) in [5.41, 5.74) is 2.75. The van der Waals surface area contributed by atoms with Crippen molar-refractivity contribution in [1.29, 1.82) is 0 Å². The number of amides is 1. The van der Waals surface area contributed by atoms with Gasteiger partial charge in [0.05, 0.1) is 16.6 Å². The Bertz CT molecular complexity index is 751. The molecule has 1 fully saturated rings. The first-order valence-corrected chi connectivity index (χ1v) is 8.65. The van der Waals surface area contributed by atoms with Crippen LogP contribution in [0.3, 0.4) is 0 Å². The Morgan fingerprint density at radius 3 is 2.72 bits per heavy atom. The number of hydrogen-bond donors (Lipinski definition) is 2. The van der Waals surface area contributed by atoms with E-state index in [1.807, 2.05) is 13.0 Å². The van der Waals surface area contributed by atoms with Gasteiger partial charge in [-0.25, -0.2) is 4.98 Å². The summed E-state index contributed by atoms with van der Waals surface area (Å²) in [5, 5.41) is 11.2. The highest BCUT2D eigenvalue weighted by molar-refractivity contribution is 6.06. The van der Waals surface area contributed by atoms with Crippen LogP contribution in [0.2, 0.25) is 0 Å². The van der Waals surface area contributed by atoms with E-state index in [0.717, 1.165) is 31.6 Å². The number of pyridine rings is 1. The molecule has 0 spiro atoms. The van der Waals surface area contributed by atoms with E-state index in [4.69, 9.17) is 4.52 Å². The molecule has 3 rings (SSSR count). The van der Waals surface area contributed by atoms with Crippen LogP contribution in [-0.4, -0.2) is 35.7 Å². The van der Waals surface area contributed by atoms with Crippen molar-refractivity contribution < 1.29 is 9.32 Å². The molecule has 0 radical (unpaired) electrons. The van der Waals surface area contributed by atoms with Gasteiger partial charge in [0.1, 0.15) is 0 Å². The fourth-order valence-electron chi connectivity index (χ4n) is 3.18. The van der Waals surface area contributed by atoms with Crippen LogP contribution in [-0.2, 0) is 0 Å². The van der Waals surface area contributed by atoms with Gasteiger partial charge in [0.15, 0.2) is 0 Å². The molecule has 138 valence electrons. The third-order valence-electron chi connectivity index (χ3n) is 4.96. The molecule has 1 aliphatic heterocycles. The van der Waals surface area contributed by atoms with Gasteiger partial charge in [0.2, 0.25) is 0 Å². The number of halogens is 1. The van der Waals surface area contributed by atoms with Gasteiger partial charge in [-0.2, -0.15) is 0 Å². The zero-order valence-corrected chi connectivity index (χ0v) is 16.1. The molecule has 1 aliphatic rings. The van der Waals surface area contributed by atoms with Gasteiger partial charge in [-0.3, -0.25) is 4.79 Å². The predicted octanol–water partition coefficient (Wildman–Crippen LogP) is 3.20. The average Bonchev–Trinajstić information content (AvgIpc) is 2.94. The van der Waals surface area contributed by atoms with Crippen LogP contribution in [0.5, 0.6) is 0 Å². The van der Waals surface area contributed by atoms with Gasteiger partial charge in [-0.1, -0.05) is 25.9 Å². The van der Waals surface area contributed by atoms with Crippen LogP contribution in [0.25, 0.3) is 11.1 Å². The second kappa shape index (κ2) is 7.70. The van der Waals surface area contributed by atoms with Gasteiger partial charge < -0.3 is 15.2 Å². The second-order valence-corrected chi connectivity index (χ2v) is 7.44. The molecule has 2 N–H and O–H groups in total. The Hall–Kier alpha value is -1.66. The predicted molar refractivity (Wildman–Crippen MR) is 100 cm³/mol. The Balaban J connectivity index is 0.00000225. The molecule has 1 amide bonds. The van der Waals surface area contributed by atoms with Crippen molar-refractivity contribution in [3.05, 3.63) is 23.0 Å². The summed E-state index contributed by atoms with van der Waals surface area (Å²) in [6, 6.07) is 1.87. The largest absolute Gasteiger partial charge is 0.351 e. The van der Waals surface area contributed by atoms with E-state index in [-0.39, 0.29) is 29.6 Å². The monoisotopic (exact) mass is 366 g/mol. The lowest BCUT2D eigenvalue weighted by Gasteiger charge is -2.34. The van der Waals surface area contributed by atoms with Gasteiger partial charge >= 0.3 is 0 Å². The quantitative estimate of drug-likeness (QED) is 0.868. The number of aromatic nitrogens is 2. The summed E-state index contributed by atoms with van der Waals surface area (Å²) in [4.78, 5) is 17.3. The van der Waals surface area contributed by atoms with Crippen molar-refractivity contribution in [3.8, 4) is 0 Å². The maximum absolute atomic E-state index is 12.8. The van der Waals surface area contributed by atoms with E-state index in [1.54, 1.807) is 0 Å². The molecule has 7 heteroatoms. The highest BCUT2D eigenvalue weighted by Crippen LogP contribution is 2.28. The zero-order chi connectivity index (χ0) is 17.3. The number of piperidine rings is 1. The number of carbonyl (C=O) groups is 1. The van der Waals surface area contributed by atoms with E-state index in [0.29, 0.717) is 28.9 Å². The summed E-state index contributed by atoms with van der Waals surface area (Å²) in [6.07, 6.45) is 2.14. The number of nitrogens with one attached hydrogen (secondary N) is 2. The van der Waals surface area contributed by atoms with Gasteiger partial charge in [-0.15, -0.1) is 12.4 Å². The molecule has 3 heterocycles. The number of carbonyl (C=O) groups excluding carboxylic acids is 1. The fraction of sp³-hybridized carbons (Fsp3) is 0.611. The van der Waals surface area contributed by atoms with Gasteiger partial charge in [0, 0.05) is 12.2 Å². The Morgan fingerprint density at radius 2 is 2.08 bits per heavy atom. The molecule has 25 heavy (non-hydrogen) atoms. The number of hydrogen-bond acceptors (Lipinski definition) is 5. The third-order valence-corrected chi connectivity index (χ3v) is 4.96. The van der Waals surface area contributed by atoms with Crippen molar-refractivity contribution in [2.24, 2.45) is 5.41 Å². The summed E-state index contributed by atoms with van der Waals surface area (Å²) >= 11 is 0. The first kappa shape index (κ1) is 19.7. The Morgan fingerprint density at radius 1 is 1.40 bits per heavy atom. The minimum absolute atomic E-state index is 0. The van der Waals surface area contributed by atoms with Crippen LogP contribution >= 0.6 is 12.4 Å². The van der Waals surface area contributed by atoms with Crippen molar-refractivity contribution in [3.63, 3.8) is 0 Å². The standard InChI is InChI=1S/C18H26N4O2.ClH/c1-11(2)14-9-13(15-12(3)22-24-17(15)21-14)16(23)20-10-18(4)5-7-19-8-6-18;/h9,11,19H,5-8,10H2,1-4H3,(H,20,23);1H. The summed E-state index contributed by atoms with van der Waals surface area (Å²) in [6.45, 7) is 10.9. The Kier molecular flexibility index (Phi) is 6.06. The molecule has 6 nitrogen and oxygen atoms in total. The average molecular weight is 367 g/mol. The lowest BCUT2D eigenvalue weighted by molar-refractivity contribution is 0.0923. The van der Waals surface area contributed by atoms with Crippen LogP contribution in [0.15, 0.2) is 10.6 Å². The molecule has 0 bridgehead atoms. The second-order valence-electron chi connectivity index (χ2n) is 7.44. The first-order valence-electron chi connectivity index (χ1n) is 8.65. The van der Waals surface area contributed by atoms with Gasteiger partial charge in [0.25, 0.3) is 11.6 Å². The smallest absolute Gasteiger partial charge is 0.259 e. The van der Waals surface area contributed by atoms with Crippen LogP contribution in [0.4, 0.5) is 0 Å². The number of rotatable bonds is 4. The minimum Gasteiger partial charge on any atom is -0.351 e. The highest BCUT2D eigenvalue weighted by Gasteiger charge is 2.28. The molecule has 2 aromatic heterocycles. The molecule has 0 saturated carbocycles. The van der Waals surface area contributed by atoms with Gasteiger partial charge in [-0.05, 0) is 50.3 Å². The van der Waals surface area contributed by atoms with E-state index in [2.05, 4.69) is 41.5 Å². The molecule has 0 aliphatic carbocycles. The summed E-state index contributed by atoms with van der Waals surface area (Å²) < 4.78 is 5.30. The normalized spacial score (nSPS) is 16.7. The molecule has 2 aromatic rings. The number of fused-ring (bicyclic) bond motifs is 1. The molecule has 1 saturated heterocycles. The number of aryl methyl sites for hydroxylation is 1. The minimum atomic E-state index is -0.0737. The SMILES string of the molecule is Cc1noc2nc(C(C)C)cc(C(=O)NCC3(C)CCNCC3)c12.Cl. The lowest BCUT2D eigenvalue weighted by Crippen LogP contribution is -2.43. The maximum atomic E-state index is 12.8. The summed E-state index contributed by atoms with van der Waals surface area (Å²) in [7, 11) is 0. The highest BCUT2D eigenvalue weighted by atomic mass is 35.5. The summed E-state index contributed by atoms with van der Waals surface area (Å²) in [5.74, 6) is 0.142. The molecular weight excluding hydrogens is 340 g/mol. The number of nitrogens with zero attached hydrogens (tertiary/aromatic N) is 2. The first-order chi connectivity index (χ1) is 11.4. The third kappa shape index (κ3) is 4.12. The van der Waals surface area contributed by atoms with E-state index >= 15 is 0 Å². The molecule has 0 atom stereocenters. The molecule has 0 aromatic carbocycles. The zero-order valence-electron chi connectivity index (χ0n) is 15.3. The maximum Gasteiger partial charge on any atom is 0.259 e. The van der Waals surface area contributed by atoms with Crippen LogP contribution in [0, 0.1) is 12.3 Å². The van der Waals surface area contributed by atoms with Crippen molar-refractivity contribution in [1.82, 2.24) is 20.8 Å². The van der Waals surface area contributed by atoms with E-state index in [9.17, 15) is 4.79 Å². The molecule has 0 unspecified atom stereocenters. The van der Waals surface area contributed by atoms with Crippen molar-refractivity contribution >= 4 is 29.4 Å². The van der Waals surface area contributed by atoms with Crippen molar-refractivity contribution in [2.45, 2.75) is 46.5 Å². The van der Waals surface area contributed by atoms with E-state index < -0.39 is 0 Å². The van der Waals surface area contributed by atoms with Crippen molar-refractivity contribution in [2.75, 3.05) is 19.6 Å². The lowest BCUT2D eigenvalue weighted by atomic mass is 9.81. The van der Waals surface area contributed by atoms with E-state index in [1.165, 1.54) is 0 Å². The fourth-order valence-corrected chi connectivity index (χ4v) is 3.18. The van der Waals surface area contributed by atoms with Crippen LogP contribution in [0.1, 0.15) is 61.3 Å². The van der Waals surface area contributed by atoms with Crippen LogP contribution < -0.4 is 10.6 Å². The Labute approximate surface area is 154 Å². The molecular formula is C18H27ClN4O2.